The number of rotatable bonds is 2. The van der Waals surface area contributed by atoms with Gasteiger partial charge in [-0.15, -0.1) is 0 Å². The van der Waals surface area contributed by atoms with Crippen LogP contribution in [0.5, 0.6) is 0 Å². The van der Waals surface area contributed by atoms with Crippen LogP contribution in [0.1, 0.15) is 13.3 Å². The maximum absolute atomic E-state index is 11.7. The number of hydrogen-bond acceptors (Lipinski definition) is 2. The largest absolute Gasteiger partial charge is 0.341 e. The summed E-state index contributed by atoms with van der Waals surface area (Å²) in [6.07, 6.45) is 6.50. The molecule has 1 aliphatic heterocycles. The molecule has 0 unspecified atom stereocenters. The first-order valence-electron chi connectivity index (χ1n) is 4.74. The molecule has 0 radical (unpaired) electrons. The minimum absolute atomic E-state index is 0.0648. The van der Waals surface area contributed by atoms with Gasteiger partial charge in [0.05, 0.1) is 5.57 Å². The van der Waals surface area contributed by atoms with Crippen molar-refractivity contribution < 1.29 is 4.79 Å². The lowest BCUT2D eigenvalue weighted by atomic mass is 10.00. The maximum Gasteiger partial charge on any atom is 0.255 e. The summed E-state index contributed by atoms with van der Waals surface area (Å²) >= 11 is 0. The number of carbonyl (C=O) groups is 1. The molecule has 3 heteroatoms. The van der Waals surface area contributed by atoms with E-state index in [1.165, 1.54) is 0 Å². The van der Waals surface area contributed by atoms with Gasteiger partial charge in [-0.3, -0.25) is 9.79 Å². The van der Waals surface area contributed by atoms with Gasteiger partial charge in [-0.05, 0) is 18.9 Å². The van der Waals surface area contributed by atoms with E-state index in [9.17, 15) is 4.79 Å². The molecule has 0 fully saturated rings. The Labute approximate surface area is 84.8 Å². The van der Waals surface area contributed by atoms with Crippen LogP contribution in [0.3, 0.4) is 0 Å². The molecule has 0 aromatic rings. The molecule has 14 heavy (non-hydrogen) atoms. The van der Waals surface area contributed by atoms with E-state index >= 15 is 0 Å². The van der Waals surface area contributed by atoms with E-state index in [0.717, 1.165) is 24.1 Å². The average Bonchev–Trinajstić information content (AvgIpc) is 2.18. The lowest BCUT2D eigenvalue weighted by Gasteiger charge is -2.24. The van der Waals surface area contributed by atoms with E-state index in [1.807, 2.05) is 26.1 Å². The van der Waals surface area contributed by atoms with Crippen molar-refractivity contribution in [1.82, 2.24) is 4.90 Å². The molecular formula is C11H16N2O. The van der Waals surface area contributed by atoms with Crippen molar-refractivity contribution in [2.24, 2.45) is 4.99 Å². The van der Waals surface area contributed by atoms with E-state index in [2.05, 4.69) is 4.99 Å². The van der Waals surface area contributed by atoms with Gasteiger partial charge in [0.1, 0.15) is 0 Å². The Hall–Kier alpha value is -1.38. The van der Waals surface area contributed by atoms with Crippen LogP contribution in [0.4, 0.5) is 0 Å². The number of allylic oxidation sites excluding steroid dienone is 2. The second kappa shape index (κ2) is 4.74. The molecule has 3 nitrogen and oxygen atoms in total. The van der Waals surface area contributed by atoms with Crippen molar-refractivity contribution in [3.8, 4) is 0 Å². The maximum atomic E-state index is 11.7. The average molecular weight is 192 g/mol. The fourth-order valence-corrected chi connectivity index (χ4v) is 1.51. The highest BCUT2D eigenvalue weighted by molar-refractivity contribution is 6.13. The molecule has 0 N–H and O–H groups in total. The Kier molecular flexibility index (Phi) is 3.63. The van der Waals surface area contributed by atoms with Crippen LogP contribution in [-0.2, 0) is 4.79 Å². The molecule has 1 rings (SSSR count). The molecule has 0 saturated carbocycles. The van der Waals surface area contributed by atoms with Crippen LogP contribution in [0, 0.1) is 0 Å². The topological polar surface area (TPSA) is 32.7 Å². The van der Waals surface area contributed by atoms with Crippen molar-refractivity contribution in [1.29, 1.82) is 0 Å². The van der Waals surface area contributed by atoms with Gasteiger partial charge in [-0.1, -0.05) is 12.2 Å². The first-order chi connectivity index (χ1) is 6.70. The normalized spacial score (nSPS) is 19.1. The number of hydrogen-bond donors (Lipinski definition) is 0. The molecule has 0 spiro atoms. The number of likely N-dealkylation sites (N-methyl/N-ethyl adjacent to an activating group) is 1. The third-order valence-electron chi connectivity index (χ3n) is 2.27. The second-order valence-corrected chi connectivity index (χ2v) is 3.30. The summed E-state index contributed by atoms with van der Waals surface area (Å²) in [5.74, 6) is 0.0648. The number of nitrogens with zero attached hydrogens (tertiary/aromatic N) is 2. The van der Waals surface area contributed by atoms with Gasteiger partial charge < -0.3 is 4.90 Å². The predicted molar refractivity (Wildman–Crippen MR) is 58.5 cm³/mol. The lowest BCUT2D eigenvalue weighted by Crippen LogP contribution is -2.34. The van der Waals surface area contributed by atoms with Crippen molar-refractivity contribution in [3.05, 3.63) is 23.3 Å². The number of aliphatic imine (C=N–C) groups is 1. The summed E-state index contributed by atoms with van der Waals surface area (Å²) in [6, 6.07) is 0. The zero-order chi connectivity index (χ0) is 10.6. The van der Waals surface area contributed by atoms with Crippen molar-refractivity contribution in [3.63, 3.8) is 0 Å². The van der Waals surface area contributed by atoms with E-state index < -0.39 is 0 Å². The molecule has 1 aliphatic rings. The molecule has 0 aromatic heterocycles. The highest BCUT2D eigenvalue weighted by atomic mass is 16.2. The minimum Gasteiger partial charge on any atom is -0.341 e. The summed E-state index contributed by atoms with van der Waals surface area (Å²) in [6.45, 7) is 2.75. The molecule has 0 bridgehead atoms. The van der Waals surface area contributed by atoms with Gasteiger partial charge in [0.2, 0.25) is 0 Å². The second-order valence-electron chi connectivity index (χ2n) is 3.30. The third-order valence-corrected chi connectivity index (χ3v) is 2.27. The van der Waals surface area contributed by atoms with Crippen LogP contribution in [0.25, 0.3) is 0 Å². The first-order valence-corrected chi connectivity index (χ1v) is 4.74. The quantitative estimate of drug-likeness (QED) is 0.609. The standard InChI is InChI=1S/C11H16N2O/c1-4-5-9-6-7-13(3)11(14)10(9)8-12-2/h4-5,8H,6-7H2,1-3H3/b5-4-,12-8?. The number of amides is 1. The van der Waals surface area contributed by atoms with E-state index in [0.29, 0.717) is 0 Å². The molecule has 0 saturated heterocycles. The van der Waals surface area contributed by atoms with Crippen LogP contribution < -0.4 is 0 Å². The van der Waals surface area contributed by atoms with Gasteiger partial charge >= 0.3 is 0 Å². The van der Waals surface area contributed by atoms with Gasteiger partial charge in [-0.2, -0.15) is 0 Å². The zero-order valence-corrected chi connectivity index (χ0v) is 8.95. The van der Waals surface area contributed by atoms with E-state index in [-0.39, 0.29) is 5.91 Å². The Balaban J connectivity index is 3.09. The zero-order valence-electron chi connectivity index (χ0n) is 8.95. The Morgan fingerprint density at radius 1 is 1.50 bits per heavy atom. The van der Waals surface area contributed by atoms with Crippen LogP contribution >= 0.6 is 0 Å². The van der Waals surface area contributed by atoms with Crippen molar-refractivity contribution in [2.75, 3.05) is 20.6 Å². The van der Waals surface area contributed by atoms with Crippen molar-refractivity contribution in [2.45, 2.75) is 13.3 Å². The SMILES string of the molecule is C/C=C\C1=C(C=NC)C(=O)N(C)CC1. The van der Waals surface area contributed by atoms with Gasteiger partial charge in [-0.25, -0.2) is 0 Å². The summed E-state index contributed by atoms with van der Waals surface area (Å²) in [5, 5.41) is 0. The Bertz CT molecular complexity index is 313. The highest BCUT2D eigenvalue weighted by Crippen LogP contribution is 2.18. The highest BCUT2D eigenvalue weighted by Gasteiger charge is 2.21. The monoisotopic (exact) mass is 192 g/mol. The van der Waals surface area contributed by atoms with E-state index in [1.54, 1.807) is 18.2 Å². The molecule has 0 aromatic carbocycles. The molecule has 0 aliphatic carbocycles. The van der Waals surface area contributed by atoms with E-state index in [4.69, 9.17) is 0 Å². The Morgan fingerprint density at radius 3 is 2.79 bits per heavy atom. The minimum atomic E-state index is 0.0648. The van der Waals surface area contributed by atoms with Gasteiger partial charge in [0, 0.05) is 26.9 Å². The first kappa shape index (κ1) is 10.7. The Morgan fingerprint density at radius 2 is 2.21 bits per heavy atom. The smallest absolute Gasteiger partial charge is 0.255 e. The molecule has 76 valence electrons. The fourth-order valence-electron chi connectivity index (χ4n) is 1.51. The molecular weight excluding hydrogens is 176 g/mol. The predicted octanol–water partition coefficient (Wildman–Crippen LogP) is 1.42. The lowest BCUT2D eigenvalue weighted by molar-refractivity contribution is -0.125. The van der Waals surface area contributed by atoms with Crippen LogP contribution in [0.15, 0.2) is 28.3 Å². The molecule has 1 heterocycles. The third kappa shape index (κ3) is 2.10. The van der Waals surface area contributed by atoms with Crippen LogP contribution in [-0.4, -0.2) is 37.7 Å². The van der Waals surface area contributed by atoms with Crippen molar-refractivity contribution >= 4 is 12.1 Å². The fraction of sp³-hybridized carbons (Fsp3) is 0.455. The number of carbonyl (C=O) groups excluding carboxylic acids is 1. The van der Waals surface area contributed by atoms with Gasteiger partial charge in [0.25, 0.3) is 5.91 Å². The summed E-state index contributed by atoms with van der Waals surface area (Å²) in [4.78, 5) is 17.4. The molecule has 1 amide bonds. The molecule has 0 atom stereocenters. The summed E-state index contributed by atoms with van der Waals surface area (Å²) in [7, 11) is 3.50. The summed E-state index contributed by atoms with van der Waals surface area (Å²) in [5.41, 5.74) is 1.81. The van der Waals surface area contributed by atoms with Crippen LogP contribution in [0.2, 0.25) is 0 Å². The summed E-state index contributed by atoms with van der Waals surface area (Å²) < 4.78 is 0. The van der Waals surface area contributed by atoms with Gasteiger partial charge in [0.15, 0.2) is 0 Å².